The maximum absolute atomic E-state index is 12.9. The van der Waals surface area contributed by atoms with Crippen LogP contribution in [0.25, 0.3) is 0 Å². The van der Waals surface area contributed by atoms with E-state index in [0.29, 0.717) is 43.5 Å². The number of ether oxygens (including phenoxy) is 2. The molecule has 0 bridgehead atoms. The second-order valence-corrected chi connectivity index (χ2v) is 6.58. The molecule has 2 amide bonds. The van der Waals surface area contributed by atoms with E-state index in [4.69, 9.17) is 9.47 Å². The first-order chi connectivity index (χ1) is 13.1. The van der Waals surface area contributed by atoms with E-state index in [1.54, 1.807) is 35.2 Å². The van der Waals surface area contributed by atoms with Crippen LogP contribution in [0.1, 0.15) is 12.0 Å². The van der Waals surface area contributed by atoms with Gasteiger partial charge in [0.25, 0.3) is 0 Å². The molecule has 1 fully saturated rings. The van der Waals surface area contributed by atoms with Gasteiger partial charge in [-0.05, 0) is 29.8 Å². The SMILES string of the molecule is O=C(NCc1ccc(F)cc1)[C@@H]1CC(=O)N(c2ccc3c(c2)OCCO3)C1. The van der Waals surface area contributed by atoms with E-state index in [9.17, 15) is 14.0 Å². The lowest BCUT2D eigenvalue weighted by Gasteiger charge is -2.22. The number of carbonyl (C=O) groups is 2. The molecule has 0 unspecified atom stereocenters. The van der Waals surface area contributed by atoms with Gasteiger partial charge < -0.3 is 19.7 Å². The molecule has 2 aliphatic rings. The third-order valence-corrected chi connectivity index (χ3v) is 4.71. The van der Waals surface area contributed by atoms with Gasteiger partial charge in [0.15, 0.2) is 11.5 Å². The summed E-state index contributed by atoms with van der Waals surface area (Å²) in [4.78, 5) is 26.4. The number of anilines is 1. The van der Waals surface area contributed by atoms with Crippen LogP contribution < -0.4 is 19.7 Å². The molecular weight excluding hydrogens is 351 g/mol. The third kappa shape index (κ3) is 3.72. The Bertz CT molecular complexity index is 869. The Morgan fingerprint density at radius 2 is 1.85 bits per heavy atom. The molecule has 2 aliphatic heterocycles. The molecule has 27 heavy (non-hydrogen) atoms. The Labute approximate surface area is 155 Å². The maximum Gasteiger partial charge on any atom is 0.227 e. The first-order valence-electron chi connectivity index (χ1n) is 8.82. The molecule has 0 saturated carbocycles. The molecule has 7 heteroatoms. The lowest BCUT2D eigenvalue weighted by atomic mass is 10.1. The summed E-state index contributed by atoms with van der Waals surface area (Å²) in [6.45, 7) is 1.59. The largest absolute Gasteiger partial charge is 0.486 e. The van der Waals surface area contributed by atoms with Crippen LogP contribution in [0.5, 0.6) is 11.5 Å². The molecule has 4 rings (SSSR count). The number of rotatable bonds is 4. The van der Waals surface area contributed by atoms with E-state index in [1.165, 1.54) is 12.1 Å². The number of nitrogens with zero attached hydrogens (tertiary/aromatic N) is 1. The van der Waals surface area contributed by atoms with Crippen molar-refractivity contribution in [3.8, 4) is 11.5 Å². The number of hydrogen-bond donors (Lipinski definition) is 1. The van der Waals surface area contributed by atoms with E-state index in [2.05, 4.69) is 5.32 Å². The highest BCUT2D eigenvalue weighted by Gasteiger charge is 2.35. The normalized spacial score (nSPS) is 18.5. The van der Waals surface area contributed by atoms with E-state index in [1.807, 2.05) is 0 Å². The Hall–Kier alpha value is -3.09. The summed E-state index contributed by atoms with van der Waals surface area (Å²) in [7, 11) is 0. The summed E-state index contributed by atoms with van der Waals surface area (Å²) in [6, 6.07) is 11.3. The van der Waals surface area contributed by atoms with Crippen molar-refractivity contribution in [3.05, 3.63) is 53.8 Å². The summed E-state index contributed by atoms with van der Waals surface area (Å²) < 4.78 is 24.0. The summed E-state index contributed by atoms with van der Waals surface area (Å²) >= 11 is 0. The van der Waals surface area contributed by atoms with Crippen molar-refractivity contribution in [2.45, 2.75) is 13.0 Å². The highest BCUT2D eigenvalue weighted by Crippen LogP contribution is 2.35. The van der Waals surface area contributed by atoms with Crippen LogP contribution in [-0.2, 0) is 16.1 Å². The summed E-state index contributed by atoms with van der Waals surface area (Å²) in [6.07, 6.45) is 0.156. The Balaban J connectivity index is 1.39. The number of carbonyl (C=O) groups excluding carboxylic acids is 2. The summed E-state index contributed by atoms with van der Waals surface area (Å²) in [5, 5.41) is 2.82. The van der Waals surface area contributed by atoms with Crippen molar-refractivity contribution in [1.29, 1.82) is 0 Å². The zero-order chi connectivity index (χ0) is 18.8. The summed E-state index contributed by atoms with van der Waals surface area (Å²) in [5.41, 5.74) is 1.50. The van der Waals surface area contributed by atoms with Crippen molar-refractivity contribution in [1.82, 2.24) is 5.32 Å². The van der Waals surface area contributed by atoms with Crippen LogP contribution in [0.3, 0.4) is 0 Å². The molecule has 0 spiro atoms. The number of nitrogens with one attached hydrogen (secondary N) is 1. The van der Waals surface area contributed by atoms with Gasteiger partial charge in [0.05, 0.1) is 5.92 Å². The molecule has 2 aromatic rings. The molecule has 1 saturated heterocycles. The Kier molecular flexibility index (Phi) is 4.66. The number of benzene rings is 2. The molecule has 2 heterocycles. The molecule has 6 nitrogen and oxygen atoms in total. The quantitative estimate of drug-likeness (QED) is 0.897. The van der Waals surface area contributed by atoms with Crippen LogP contribution in [-0.4, -0.2) is 31.6 Å². The van der Waals surface area contributed by atoms with Crippen molar-refractivity contribution in [3.63, 3.8) is 0 Å². The minimum Gasteiger partial charge on any atom is -0.486 e. The Morgan fingerprint density at radius 3 is 2.63 bits per heavy atom. The minimum absolute atomic E-state index is 0.103. The van der Waals surface area contributed by atoms with Crippen LogP contribution in [0.4, 0.5) is 10.1 Å². The van der Waals surface area contributed by atoms with Gasteiger partial charge in [0.2, 0.25) is 11.8 Å². The van der Waals surface area contributed by atoms with Gasteiger partial charge in [-0.1, -0.05) is 12.1 Å². The standard InChI is InChI=1S/C20H19FN2O4/c21-15-3-1-13(2-4-15)11-22-20(25)14-9-19(24)23(12-14)16-5-6-17-18(10-16)27-8-7-26-17/h1-6,10,14H,7-9,11-12H2,(H,22,25)/t14-/m1/s1. The van der Waals surface area contributed by atoms with Gasteiger partial charge in [0, 0.05) is 31.3 Å². The lowest BCUT2D eigenvalue weighted by Crippen LogP contribution is -2.32. The van der Waals surface area contributed by atoms with Gasteiger partial charge in [-0.15, -0.1) is 0 Å². The zero-order valence-corrected chi connectivity index (χ0v) is 14.6. The molecule has 1 N–H and O–H groups in total. The molecule has 0 aromatic heterocycles. The van der Waals surface area contributed by atoms with Gasteiger partial charge in [0.1, 0.15) is 19.0 Å². The van der Waals surface area contributed by atoms with Crippen LogP contribution in [0.15, 0.2) is 42.5 Å². The topological polar surface area (TPSA) is 67.9 Å². The third-order valence-electron chi connectivity index (χ3n) is 4.71. The molecular formula is C20H19FN2O4. The average molecular weight is 370 g/mol. The minimum atomic E-state index is -0.425. The maximum atomic E-state index is 12.9. The average Bonchev–Trinajstić information content (AvgIpc) is 3.09. The van der Waals surface area contributed by atoms with E-state index in [-0.39, 0.29) is 24.1 Å². The molecule has 140 valence electrons. The highest BCUT2D eigenvalue weighted by molar-refractivity contribution is 6.00. The predicted molar refractivity (Wildman–Crippen MR) is 96.1 cm³/mol. The molecule has 1 atom stereocenters. The second kappa shape index (κ2) is 7.26. The van der Waals surface area contributed by atoms with Crippen molar-refractivity contribution < 1.29 is 23.5 Å². The van der Waals surface area contributed by atoms with Crippen molar-refractivity contribution in [2.75, 3.05) is 24.7 Å². The molecule has 0 radical (unpaired) electrons. The number of fused-ring (bicyclic) bond motifs is 1. The Morgan fingerprint density at radius 1 is 1.11 bits per heavy atom. The van der Waals surface area contributed by atoms with E-state index < -0.39 is 5.92 Å². The fourth-order valence-corrected chi connectivity index (χ4v) is 3.27. The number of halogens is 1. The summed E-state index contributed by atoms with van der Waals surface area (Å²) in [5.74, 6) is 0.231. The number of amides is 2. The van der Waals surface area contributed by atoms with Gasteiger partial charge >= 0.3 is 0 Å². The van der Waals surface area contributed by atoms with Crippen molar-refractivity contribution in [2.24, 2.45) is 5.92 Å². The smallest absolute Gasteiger partial charge is 0.227 e. The van der Waals surface area contributed by atoms with Crippen LogP contribution >= 0.6 is 0 Å². The van der Waals surface area contributed by atoms with Crippen molar-refractivity contribution >= 4 is 17.5 Å². The first-order valence-corrected chi connectivity index (χ1v) is 8.82. The van der Waals surface area contributed by atoms with E-state index in [0.717, 1.165) is 5.56 Å². The van der Waals surface area contributed by atoms with Gasteiger partial charge in [-0.3, -0.25) is 9.59 Å². The monoisotopic (exact) mass is 370 g/mol. The van der Waals surface area contributed by atoms with Gasteiger partial charge in [-0.2, -0.15) is 0 Å². The second-order valence-electron chi connectivity index (χ2n) is 6.58. The van der Waals surface area contributed by atoms with Crippen LogP contribution in [0, 0.1) is 11.7 Å². The fraction of sp³-hybridized carbons (Fsp3) is 0.300. The van der Waals surface area contributed by atoms with E-state index >= 15 is 0 Å². The fourth-order valence-electron chi connectivity index (χ4n) is 3.27. The zero-order valence-electron chi connectivity index (χ0n) is 14.6. The van der Waals surface area contributed by atoms with Gasteiger partial charge in [-0.25, -0.2) is 4.39 Å². The first kappa shape index (κ1) is 17.3. The highest BCUT2D eigenvalue weighted by atomic mass is 19.1. The number of hydrogen-bond acceptors (Lipinski definition) is 4. The van der Waals surface area contributed by atoms with Crippen LogP contribution in [0.2, 0.25) is 0 Å². The lowest BCUT2D eigenvalue weighted by molar-refractivity contribution is -0.126. The molecule has 0 aliphatic carbocycles. The predicted octanol–water partition coefficient (Wildman–Crippen LogP) is 2.27. The molecule has 2 aromatic carbocycles.